The first-order valence-electron chi connectivity index (χ1n) is 8.22. The van der Waals surface area contributed by atoms with Crippen LogP contribution in [0.25, 0.3) is 0 Å². The van der Waals surface area contributed by atoms with Gasteiger partial charge in [0.25, 0.3) is 0 Å². The number of nitrogens with one attached hydrogen (secondary N) is 1. The second-order valence-electron chi connectivity index (χ2n) is 6.53. The highest BCUT2D eigenvalue weighted by Gasteiger charge is 2.36. The summed E-state index contributed by atoms with van der Waals surface area (Å²) in [6.07, 6.45) is 7.72. The van der Waals surface area contributed by atoms with E-state index in [0.29, 0.717) is 5.41 Å². The van der Waals surface area contributed by atoms with Crippen LogP contribution < -0.4 is 5.32 Å². The van der Waals surface area contributed by atoms with Crippen LogP contribution in [-0.4, -0.2) is 44.2 Å². The van der Waals surface area contributed by atoms with Crippen molar-refractivity contribution in [2.24, 2.45) is 5.41 Å². The van der Waals surface area contributed by atoms with Crippen molar-refractivity contribution in [2.45, 2.75) is 64.8 Å². The van der Waals surface area contributed by atoms with E-state index >= 15 is 0 Å². The van der Waals surface area contributed by atoms with Crippen molar-refractivity contribution in [3.8, 4) is 0 Å². The maximum absolute atomic E-state index is 12.5. The summed E-state index contributed by atoms with van der Waals surface area (Å²) in [5, 5.41) is 3.35. The minimum absolute atomic E-state index is 0.165. The van der Waals surface area contributed by atoms with Crippen LogP contribution in [0.5, 0.6) is 0 Å². The van der Waals surface area contributed by atoms with Gasteiger partial charge in [-0.2, -0.15) is 0 Å². The molecule has 0 aromatic carbocycles. The van der Waals surface area contributed by atoms with E-state index in [-0.39, 0.29) is 11.8 Å². The van der Waals surface area contributed by atoms with Crippen molar-refractivity contribution in [3.63, 3.8) is 0 Å². The van der Waals surface area contributed by atoms with Crippen molar-refractivity contribution in [3.05, 3.63) is 0 Å². The monoisotopic (exact) mass is 302 g/mol. The fraction of sp³-hybridized carbons (Fsp3) is 1.00. The molecule has 2 rings (SSSR count). The van der Waals surface area contributed by atoms with Crippen LogP contribution in [0.4, 0.5) is 0 Å². The molecule has 2 heterocycles. The highest BCUT2D eigenvalue weighted by Crippen LogP contribution is 2.38. The summed E-state index contributed by atoms with van der Waals surface area (Å²) in [6.45, 7) is 6.88. The third-order valence-corrected chi connectivity index (χ3v) is 7.48. The van der Waals surface area contributed by atoms with Gasteiger partial charge in [0, 0.05) is 19.1 Å². The average Bonchev–Trinajstić information content (AvgIpc) is 2.48. The molecule has 1 atom stereocenters. The Bertz CT molecular complexity index is 388. The predicted octanol–water partition coefficient (Wildman–Crippen LogP) is 2.36. The van der Waals surface area contributed by atoms with Gasteiger partial charge in [-0.05, 0) is 37.6 Å². The maximum atomic E-state index is 12.5. The van der Waals surface area contributed by atoms with Crippen LogP contribution in [-0.2, 0) is 10.0 Å². The summed E-state index contributed by atoms with van der Waals surface area (Å²) in [4.78, 5) is 0. The summed E-state index contributed by atoms with van der Waals surface area (Å²) < 4.78 is 26.8. The zero-order valence-electron chi connectivity index (χ0n) is 13.0. The minimum atomic E-state index is -3.08. The SMILES string of the molecule is CCC1(CC)CCN(S(=O)(=O)CC2CCCCN2)CC1. The molecular weight excluding hydrogens is 272 g/mol. The van der Waals surface area contributed by atoms with Gasteiger partial charge >= 0.3 is 0 Å². The van der Waals surface area contributed by atoms with E-state index in [2.05, 4.69) is 19.2 Å². The molecule has 4 nitrogen and oxygen atoms in total. The van der Waals surface area contributed by atoms with Crippen molar-refractivity contribution < 1.29 is 8.42 Å². The van der Waals surface area contributed by atoms with E-state index in [1.54, 1.807) is 4.31 Å². The second kappa shape index (κ2) is 6.75. The molecule has 0 aromatic heterocycles. The summed E-state index contributed by atoms with van der Waals surface area (Å²) in [7, 11) is -3.08. The molecule has 2 saturated heterocycles. The molecule has 0 radical (unpaired) electrons. The molecule has 2 fully saturated rings. The molecule has 1 N–H and O–H groups in total. The van der Waals surface area contributed by atoms with Gasteiger partial charge in [-0.1, -0.05) is 33.1 Å². The van der Waals surface area contributed by atoms with Crippen molar-refractivity contribution in [1.29, 1.82) is 0 Å². The minimum Gasteiger partial charge on any atom is -0.313 e. The summed E-state index contributed by atoms with van der Waals surface area (Å²) in [5.41, 5.74) is 0.384. The normalized spacial score (nSPS) is 28.4. The molecule has 118 valence electrons. The Morgan fingerprint density at radius 1 is 1.15 bits per heavy atom. The fourth-order valence-corrected chi connectivity index (χ4v) is 5.36. The maximum Gasteiger partial charge on any atom is 0.215 e. The number of rotatable bonds is 5. The van der Waals surface area contributed by atoms with Crippen LogP contribution in [0.15, 0.2) is 0 Å². The standard InChI is InChI=1S/C15H30N2O2S/c1-3-15(4-2)8-11-17(12-9-15)20(18,19)13-14-7-5-6-10-16-14/h14,16H,3-13H2,1-2H3. The molecule has 5 heteroatoms. The van der Waals surface area contributed by atoms with E-state index in [1.807, 2.05) is 0 Å². The Hall–Kier alpha value is -0.130. The average molecular weight is 302 g/mol. The van der Waals surface area contributed by atoms with Crippen LogP contribution in [0.3, 0.4) is 0 Å². The Morgan fingerprint density at radius 3 is 2.30 bits per heavy atom. The molecule has 20 heavy (non-hydrogen) atoms. The topological polar surface area (TPSA) is 49.4 Å². The van der Waals surface area contributed by atoms with Gasteiger partial charge < -0.3 is 5.32 Å². The van der Waals surface area contributed by atoms with Crippen molar-refractivity contribution >= 4 is 10.0 Å². The largest absolute Gasteiger partial charge is 0.313 e. The first-order chi connectivity index (χ1) is 9.51. The third-order valence-electron chi connectivity index (χ3n) is 5.50. The van der Waals surface area contributed by atoms with Gasteiger partial charge in [0.1, 0.15) is 0 Å². The van der Waals surface area contributed by atoms with Crippen LogP contribution in [0, 0.1) is 5.41 Å². The quantitative estimate of drug-likeness (QED) is 0.848. The molecular formula is C15H30N2O2S. The van der Waals surface area contributed by atoms with Crippen LogP contribution >= 0.6 is 0 Å². The fourth-order valence-electron chi connectivity index (χ4n) is 3.62. The van der Waals surface area contributed by atoms with E-state index in [1.165, 1.54) is 19.3 Å². The van der Waals surface area contributed by atoms with Gasteiger partial charge in [0.15, 0.2) is 0 Å². The Morgan fingerprint density at radius 2 is 1.80 bits per heavy atom. The summed E-state index contributed by atoms with van der Waals surface area (Å²) in [6, 6.07) is 0.165. The predicted molar refractivity (Wildman–Crippen MR) is 83.3 cm³/mol. The molecule has 0 bridgehead atoms. The number of sulfonamides is 1. The lowest BCUT2D eigenvalue weighted by molar-refractivity contribution is 0.141. The van der Waals surface area contributed by atoms with E-state index < -0.39 is 10.0 Å². The van der Waals surface area contributed by atoms with Gasteiger partial charge in [-0.25, -0.2) is 12.7 Å². The van der Waals surface area contributed by atoms with Gasteiger partial charge in [-0.15, -0.1) is 0 Å². The highest BCUT2D eigenvalue weighted by atomic mass is 32.2. The molecule has 0 amide bonds. The van der Waals surface area contributed by atoms with Crippen molar-refractivity contribution in [1.82, 2.24) is 9.62 Å². The second-order valence-corrected chi connectivity index (χ2v) is 8.55. The Kier molecular flexibility index (Phi) is 5.49. The number of hydrogen-bond acceptors (Lipinski definition) is 3. The van der Waals surface area contributed by atoms with E-state index in [0.717, 1.165) is 45.3 Å². The van der Waals surface area contributed by atoms with Crippen molar-refractivity contribution in [2.75, 3.05) is 25.4 Å². The molecule has 0 aliphatic carbocycles. The summed E-state index contributed by atoms with van der Waals surface area (Å²) in [5.74, 6) is 0.290. The Balaban J connectivity index is 1.91. The molecule has 0 aromatic rings. The molecule has 2 aliphatic heterocycles. The van der Waals surface area contributed by atoms with Crippen LogP contribution in [0.2, 0.25) is 0 Å². The van der Waals surface area contributed by atoms with E-state index in [9.17, 15) is 8.42 Å². The zero-order chi connectivity index (χ0) is 14.6. The zero-order valence-corrected chi connectivity index (χ0v) is 13.8. The highest BCUT2D eigenvalue weighted by molar-refractivity contribution is 7.89. The molecule has 2 aliphatic rings. The lowest BCUT2D eigenvalue weighted by Gasteiger charge is -2.40. The lowest BCUT2D eigenvalue weighted by atomic mass is 9.75. The third kappa shape index (κ3) is 3.74. The number of nitrogens with zero attached hydrogens (tertiary/aromatic N) is 1. The van der Waals surface area contributed by atoms with Gasteiger partial charge in [0.2, 0.25) is 10.0 Å². The van der Waals surface area contributed by atoms with E-state index in [4.69, 9.17) is 0 Å². The van der Waals surface area contributed by atoms with Gasteiger partial charge in [-0.3, -0.25) is 0 Å². The first-order valence-corrected chi connectivity index (χ1v) is 9.83. The number of piperidine rings is 2. The lowest BCUT2D eigenvalue weighted by Crippen LogP contribution is -2.48. The first kappa shape index (κ1) is 16.2. The van der Waals surface area contributed by atoms with Crippen LogP contribution in [0.1, 0.15) is 58.8 Å². The molecule has 0 saturated carbocycles. The molecule has 1 unspecified atom stereocenters. The van der Waals surface area contributed by atoms with Gasteiger partial charge in [0.05, 0.1) is 5.75 Å². The Labute approximate surface area is 124 Å². The number of hydrogen-bond donors (Lipinski definition) is 1. The smallest absolute Gasteiger partial charge is 0.215 e. The summed E-state index contributed by atoms with van der Waals surface area (Å²) >= 11 is 0. The molecule has 0 spiro atoms.